The van der Waals surface area contributed by atoms with Gasteiger partial charge in [0.05, 0.1) is 25.4 Å². The van der Waals surface area contributed by atoms with E-state index in [-0.39, 0.29) is 11.9 Å². The highest BCUT2D eigenvalue weighted by atomic mass is 16.5. The van der Waals surface area contributed by atoms with Crippen molar-refractivity contribution in [2.75, 3.05) is 52.5 Å². The summed E-state index contributed by atoms with van der Waals surface area (Å²) < 4.78 is 5.24. The fourth-order valence-electron chi connectivity index (χ4n) is 2.79. The van der Waals surface area contributed by atoms with Crippen LogP contribution >= 0.6 is 0 Å². The van der Waals surface area contributed by atoms with Crippen LogP contribution < -0.4 is 5.32 Å². The summed E-state index contributed by atoms with van der Waals surface area (Å²) in [5.41, 5.74) is 0. The monoisotopic (exact) mass is 285 g/mol. The van der Waals surface area contributed by atoms with Crippen LogP contribution in [0, 0.1) is 0 Å². The molecule has 2 atom stereocenters. The normalized spacial score (nSPS) is 23.8. The van der Waals surface area contributed by atoms with Crippen LogP contribution in [0.3, 0.4) is 0 Å². The van der Waals surface area contributed by atoms with Crippen molar-refractivity contribution in [3.05, 3.63) is 0 Å². The van der Waals surface area contributed by atoms with Crippen molar-refractivity contribution in [1.29, 1.82) is 0 Å². The Bertz CT molecular complexity index is 302. The first-order valence-electron chi connectivity index (χ1n) is 7.67. The number of β-amino-alcohol motifs (C(OH)–C–C–N with tert-alkyl or cyclic N) is 1. The molecular formula is C14H27N3O3. The zero-order valence-corrected chi connectivity index (χ0v) is 12.4. The molecule has 2 aliphatic rings. The van der Waals surface area contributed by atoms with Gasteiger partial charge in [0.1, 0.15) is 0 Å². The summed E-state index contributed by atoms with van der Waals surface area (Å²) in [6.45, 7) is 7.77. The van der Waals surface area contributed by atoms with E-state index in [1.807, 2.05) is 11.8 Å². The van der Waals surface area contributed by atoms with E-state index in [9.17, 15) is 9.90 Å². The second-order valence-electron chi connectivity index (χ2n) is 5.73. The number of aliphatic hydroxyl groups excluding tert-OH is 1. The first-order chi connectivity index (χ1) is 9.66. The summed E-state index contributed by atoms with van der Waals surface area (Å²) in [6.07, 6.45) is 2.05. The minimum atomic E-state index is -0.409. The first kappa shape index (κ1) is 15.7. The number of amides is 1. The lowest BCUT2D eigenvalue weighted by atomic mass is 10.2. The second kappa shape index (κ2) is 7.93. The van der Waals surface area contributed by atoms with Crippen LogP contribution in [0.5, 0.6) is 0 Å². The highest BCUT2D eigenvalue weighted by Gasteiger charge is 2.23. The molecule has 0 spiro atoms. The number of morpholine rings is 1. The Labute approximate surface area is 121 Å². The molecule has 0 aliphatic carbocycles. The average Bonchev–Trinajstić information content (AvgIpc) is 2.97. The third-order valence-electron chi connectivity index (χ3n) is 4.02. The average molecular weight is 285 g/mol. The summed E-state index contributed by atoms with van der Waals surface area (Å²) in [5.74, 6) is 0.0988. The number of ether oxygens (including phenoxy) is 1. The van der Waals surface area contributed by atoms with Crippen molar-refractivity contribution >= 4 is 5.91 Å². The number of hydrogen-bond acceptors (Lipinski definition) is 5. The maximum atomic E-state index is 12.2. The maximum Gasteiger partial charge on any atom is 0.239 e. The topological polar surface area (TPSA) is 65.0 Å². The minimum absolute atomic E-state index is 0.0988. The van der Waals surface area contributed by atoms with Gasteiger partial charge >= 0.3 is 0 Å². The van der Waals surface area contributed by atoms with Crippen LogP contribution in [0.15, 0.2) is 0 Å². The van der Waals surface area contributed by atoms with Crippen LogP contribution in [0.25, 0.3) is 0 Å². The Kier molecular flexibility index (Phi) is 6.22. The van der Waals surface area contributed by atoms with Gasteiger partial charge in [0.2, 0.25) is 5.91 Å². The van der Waals surface area contributed by atoms with Gasteiger partial charge in [0.25, 0.3) is 0 Å². The van der Waals surface area contributed by atoms with Crippen molar-refractivity contribution in [3.8, 4) is 0 Å². The van der Waals surface area contributed by atoms with Gasteiger partial charge in [-0.25, -0.2) is 0 Å². The van der Waals surface area contributed by atoms with E-state index in [1.165, 1.54) is 12.8 Å². The minimum Gasteiger partial charge on any atom is -0.390 e. The van der Waals surface area contributed by atoms with Gasteiger partial charge in [0, 0.05) is 26.2 Å². The molecule has 2 unspecified atom stereocenters. The van der Waals surface area contributed by atoms with E-state index in [4.69, 9.17) is 4.74 Å². The summed E-state index contributed by atoms with van der Waals surface area (Å²) >= 11 is 0. The fraction of sp³-hybridized carbons (Fsp3) is 0.929. The summed E-state index contributed by atoms with van der Waals surface area (Å²) in [6, 6.07) is -0.249. The molecule has 0 bridgehead atoms. The number of nitrogens with zero attached hydrogens (tertiary/aromatic N) is 2. The molecule has 0 aromatic heterocycles. The summed E-state index contributed by atoms with van der Waals surface area (Å²) in [7, 11) is 0. The number of carbonyl (C=O) groups excluding carboxylic acids is 1. The molecule has 0 aromatic rings. The standard InChI is InChI=1S/C14H27N3O3/c1-12(14(19)17-6-8-20-9-7-17)15-10-13(18)11-16-4-2-3-5-16/h12-13,15,18H,2-11H2,1H3. The molecule has 20 heavy (non-hydrogen) atoms. The zero-order valence-electron chi connectivity index (χ0n) is 12.4. The Morgan fingerprint density at radius 3 is 2.55 bits per heavy atom. The molecule has 1 amide bonds. The third kappa shape index (κ3) is 4.70. The molecule has 2 saturated heterocycles. The molecule has 0 radical (unpaired) electrons. The zero-order chi connectivity index (χ0) is 14.4. The van der Waals surface area contributed by atoms with Gasteiger partial charge in [-0.3, -0.25) is 4.79 Å². The lowest BCUT2D eigenvalue weighted by Gasteiger charge is -2.30. The molecule has 2 aliphatic heterocycles. The van der Waals surface area contributed by atoms with Crippen molar-refractivity contribution in [3.63, 3.8) is 0 Å². The molecule has 2 rings (SSSR count). The van der Waals surface area contributed by atoms with Gasteiger partial charge in [-0.15, -0.1) is 0 Å². The molecule has 2 heterocycles. The largest absolute Gasteiger partial charge is 0.390 e. The molecule has 0 saturated carbocycles. The summed E-state index contributed by atoms with van der Waals surface area (Å²) in [5, 5.41) is 13.1. The van der Waals surface area contributed by atoms with Crippen molar-refractivity contribution in [1.82, 2.24) is 15.1 Å². The number of carbonyl (C=O) groups is 1. The first-order valence-corrected chi connectivity index (χ1v) is 7.67. The van der Waals surface area contributed by atoms with Crippen LogP contribution in [0.1, 0.15) is 19.8 Å². The van der Waals surface area contributed by atoms with Gasteiger partial charge in [0.15, 0.2) is 0 Å². The van der Waals surface area contributed by atoms with Crippen LogP contribution in [0.2, 0.25) is 0 Å². The van der Waals surface area contributed by atoms with Crippen LogP contribution in [-0.2, 0) is 9.53 Å². The quantitative estimate of drug-likeness (QED) is 0.674. The van der Waals surface area contributed by atoms with E-state index in [0.29, 0.717) is 39.4 Å². The number of nitrogens with one attached hydrogen (secondary N) is 1. The predicted molar refractivity (Wildman–Crippen MR) is 76.5 cm³/mol. The molecular weight excluding hydrogens is 258 g/mol. The van der Waals surface area contributed by atoms with Crippen molar-refractivity contribution in [2.45, 2.75) is 31.9 Å². The Morgan fingerprint density at radius 2 is 1.90 bits per heavy atom. The maximum absolute atomic E-state index is 12.2. The van der Waals surface area contributed by atoms with Gasteiger partial charge in [-0.2, -0.15) is 0 Å². The van der Waals surface area contributed by atoms with E-state index < -0.39 is 6.10 Å². The molecule has 116 valence electrons. The van der Waals surface area contributed by atoms with Gasteiger partial charge in [-0.1, -0.05) is 0 Å². The number of aliphatic hydroxyl groups is 1. The van der Waals surface area contributed by atoms with Crippen LogP contribution in [-0.4, -0.2) is 85.4 Å². The van der Waals surface area contributed by atoms with Crippen molar-refractivity contribution in [2.24, 2.45) is 0 Å². The molecule has 0 aromatic carbocycles. The van der Waals surface area contributed by atoms with E-state index in [2.05, 4.69) is 10.2 Å². The SMILES string of the molecule is CC(NCC(O)CN1CCCC1)C(=O)N1CCOCC1. The predicted octanol–water partition coefficient (Wildman–Crippen LogP) is -0.720. The fourth-order valence-corrected chi connectivity index (χ4v) is 2.79. The Morgan fingerprint density at radius 1 is 1.25 bits per heavy atom. The number of hydrogen-bond donors (Lipinski definition) is 2. The highest BCUT2D eigenvalue weighted by molar-refractivity contribution is 5.81. The Balaban J connectivity index is 1.65. The van der Waals surface area contributed by atoms with E-state index >= 15 is 0 Å². The molecule has 6 heteroatoms. The molecule has 2 fully saturated rings. The third-order valence-corrected chi connectivity index (χ3v) is 4.02. The highest BCUT2D eigenvalue weighted by Crippen LogP contribution is 2.07. The van der Waals surface area contributed by atoms with Gasteiger partial charge in [-0.05, 0) is 32.9 Å². The number of likely N-dealkylation sites (tertiary alicyclic amines) is 1. The molecule has 6 nitrogen and oxygen atoms in total. The van der Waals surface area contributed by atoms with E-state index in [0.717, 1.165) is 13.1 Å². The van der Waals surface area contributed by atoms with Crippen LogP contribution in [0.4, 0.5) is 0 Å². The lowest BCUT2D eigenvalue weighted by molar-refractivity contribution is -0.137. The molecule has 2 N–H and O–H groups in total. The van der Waals surface area contributed by atoms with E-state index in [1.54, 1.807) is 0 Å². The smallest absolute Gasteiger partial charge is 0.239 e. The summed E-state index contributed by atoms with van der Waals surface area (Å²) in [4.78, 5) is 16.3. The van der Waals surface area contributed by atoms with Crippen molar-refractivity contribution < 1.29 is 14.6 Å². The lowest BCUT2D eigenvalue weighted by Crippen LogP contribution is -2.51. The number of rotatable bonds is 6. The van der Waals surface area contributed by atoms with Gasteiger partial charge < -0.3 is 25.0 Å². The second-order valence-corrected chi connectivity index (χ2v) is 5.73. The Hall–Kier alpha value is -0.690.